The van der Waals surface area contributed by atoms with Crippen molar-refractivity contribution in [2.45, 2.75) is 37.8 Å². The van der Waals surface area contributed by atoms with Crippen molar-refractivity contribution in [3.63, 3.8) is 0 Å². The van der Waals surface area contributed by atoms with Gasteiger partial charge in [-0.05, 0) is 39.0 Å². The quantitative estimate of drug-likeness (QED) is 0.878. The Balaban J connectivity index is 1.87. The summed E-state index contributed by atoms with van der Waals surface area (Å²) < 4.78 is 34.6. The number of hydrogen-bond donors (Lipinski definition) is 2. The lowest BCUT2D eigenvalue weighted by Gasteiger charge is -2.23. The minimum atomic E-state index is -3.80. The molecule has 0 bridgehead atoms. The third-order valence-electron chi connectivity index (χ3n) is 3.57. The Kier molecular flexibility index (Phi) is 3.96. The van der Waals surface area contributed by atoms with Crippen molar-refractivity contribution in [2.24, 2.45) is 0 Å². The number of fused-ring (bicyclic) bond motifs is 1. The van der Waals surface area contributed by atoms with Gasteiger partial charge in [0.1, 0.15) is 5.75 Å². The van der Waals surface area contributed by atoms with Crippen molar-refractivity contribution in [1.82, 2.24) is 9.78 Å². The lowest BCUT2D eigenvalue weighted by Crippen LogP contribution is -2.34. The van der Waals surface area contributed by atoms with Crippen molar-refractivity contribution >= 4 is 27.3 Å². The number of nitrogens with one attached hydrogen (secondary N) is 2. The standard InChI is InChI=1S/C15H18N4O4S/c1-9(2)19-8-11(7-16-19)18-24(21,22)12-4-5-14-13(6-12)17-15(20)10(3)23-14/h4-10,18H,1-3H3,(H,17,20)/t10-/m0/s1. The number of carbonyl (C=O) groups excluding carboxylic acids is 1. The molecule has 2 N–H and O–H groups in total. The summed E-state index contributed by atoms with van der Waals surface area (Å²) in [5.74, 6) is 0.122. The number of anilines is 2. The van der Waals surface area contributed by atoms with Crippen LogP contribution >= 0.6 is 0 Å². The molecule has 1 atom stereocenters. The molecule has 1 amide bonds. The molecule has 1 aliphatic heterocycles. The summed E-state index contributed by atoms with van der Waals surface area (Å²) in [6.45, 7) is 5.51. The summed E-state index contributed by atoms with van der Waals surface area (Å²) in [6, 6.07) is 4.45. The Labute approximate surface area is 139 Å². The van der Waals surface area contributed by atoms with Crippen LogP contribution in [0.5, 0.6) is 5.75 Å². The SMILES string of the molecule is CC(C)n1cc(NS(=O)(=O)c2ccc3c(c2)NC(=O)[C@H](C)O3)cn1. The third-order valence-corrected chi connectivity index (χ3v) is 4.95. The maximum absolute atomic E-state index is 12.5. The first-order valence-electron chi connectivity index (χ1n) is 7.45. The van der Waals surface area contributed by atoms with Gasteiger partial charge in [-0.15, -0.1) is 0 Å². The van der Waals surface area contributed by atoms with E-state index in [-0.39, 0.29) is 16.8 Å². The molecule has 0 aliphatic carbocycles. The first-order valence-corrected chi connectivity index (χ1v) is 8.93. The smallest absolute Gasteiger partial charge is 0.265 e. The third kappa shape index (κ3) is 3.07. The molecule has 2 heterocycles. The van der Waals surface area contributed by atoms with Crippen LogP contribution in [0.25, 0.3) is 0 Å². The second-order valence-electron chi connectivity index (χ2n) is 5.82. The number of amides is 1. The molecule has 0 saturated heterocycles. The molecule has 128 valence electrons. The van der Waals surface area contributed by atoms with E-state index in [9.17, 15) is 13.2 Å². The molecule has 1 aliphatic rings. The molecule has 2 aromatic rings. The van der Waals surface area contributed by atoms with Crippen molar-refractivity contribution < 1.29 is 17.9 Å². The van der Waals surface area contributed by atoms with Gasteiger partial charge in [0.05, 0.1) is 22.5 Å². The molecule has 9 heteroatoms. The Bertz CT molecular complexity index is 889. The molecule has 0 fully saturated rings. The van der Waals surface area contributed by atoms with E-state index >= 15 is 0 Å². The number of ether oxygens (including phenoxy) is 1. The first kappa shape index (κ1) is 16.3. The Hall–Kier alpha value is -2.55. The monoisotopic (exact) mass is 350 g/mol. The van der Waals surface area contributed by atoms with Gasteiger partial charge in [0, 0.05) is 12.2 Å². The predicted molar refractivity (Wildman–Crippen MR) is 88.6 cm³/mol. The zero-order valence-corrected chi connectivity index (χ0v) is 14.3. The minimum Gasteiger partial charge on any atom is -0.479 e. The highest BCUT2D eigenvalue weighted by Gasteiger charge is 2.25. The number of carbonyl (C=O) groups is 1. The van der Waals surface area contributed by atoms with Crippen molar-refractivity contribution in [1.29, 1.82) is 0 Å². The first-order chi connectivity index (χ1) is 11.3. The van der Waals surface area contributed by atoms with E-state index < -0.39 is 16.1 Å². The highest BCUT2D eigenvalue weighted by molar-refractivity contribution is 7.92. The fraction of sp³-hybridized carbons (Fsp3) is 0.333. The number of rotatable bonds is 4. The summed E-state index contributed by atoms with van der Waals surface area (Å²) >= 11 is 0. The van der Waals surface area contributed by atoms with Crippen LogP contribution < -0.4 is 14.8 Å². The maximum Gasteiger partial charge on any atom is 0.265 e. The van der Waals surface area contributed by atoms with Crippen LogP contribution in [0.1, 0.15) is 26.8 Å². The van der Waals surface area contributed by atoms with Crippen LogP contribution in [-0.4, -0.2) is 30.2 Å². The molecule has 8 nitrogen and oxygen atoms in total. The summed E-state index contributed by atoms with van der Waals surface area (Å²) in [6.07, 6.45) is 2.45. The Morgan fingerprint density at radius 2 is 2.12 bits per heavy atom. The van der Waals surface area contributed by atoms with Crippen molar-refractivity contribution in [3.8, 4) is 5.75 Å². The molecule has 0 spiro atoms. The summed E-state index contributed by atoms with van der Waals surface area (Å²) in [7, 11) is -3.80. The van der Waals surface area contributed by atoms with Gasteiger partial charge in [0.25, 0.3) is 15.9 Å². The van der Waals surface area contributed by atoms with Crippen LogP contribution in [0, 0.1) is 0 Å². The highest BCUT2D eigenvalue weighted by atomic mass is 32.2. The molecule has 3 rings (SSSR count). The lowest BCUT2D eigenvalue weighted by molar-refractivity contribution is -0.122. The van der Waals surface area contributed by atoms with E-state index in [1.54, 1.807) is 17.8 Å². The van der Waals surface area contributed by atoms with Crippen LogP contribution in [0.4, 0.5) is 11.4 Å². The molecule has 0 saturated carbocycles. The number of aromatic nitrogens is 2. The average Bonchev–Trinajstić information content (AvgIpc) is 2.96. The second kappa shape index (κ2) is 5.82. The number of nitrogens with zero attached hydrogens (tertiary/aromatic N) is 2. The van der Waals surface area contributed by atoms with E-state index in [0.29, 0.717) is 17.1 Å². The zero-order valence-electron chi connectivity index (χ0n) is 13.5. The van der Waals surface area contributed by atoms with Crippen LogP contribution in [-0.2, 0) is 14.8 Å². The lowest BCUT2D eigenvalue weighted by atomic mass is 10.2. The molecular formula is C15H18N4O4S. The van der Waals surface area contributed by atoms with Crippen LogP contribution in [0.2, 0.25) is 0 Å². The Morgan fingerprint density at radius 1 is 1.38 bits per heavy atom. The van der Waals surface area contributed by atoms with Gasteiger partial charge in [-0.3, -0.25) is 14.2 Å². The molecule has 1 aromatic heterocycles. The molecule has 0 unspecified atom stereocenters. The fourth-order valence-electron chi connectivity index (χ4n) is 2.24. The van der Waals surface area contributed by atoms with Gasteiger partial charge in [-0.25, -0.2) is 8.42 Å². The van der Waals surface area contributed by atoms with Crippen molar-refractivity contribution in [3.05, 3.63) is 30.6 Å². The normalized spacial score (nSPS) is 17.2. The maximum atomic E-state index is 12.5. The van der Waals surface area contributed by atoms with Crippen LogP contribution in [0.3, 0.4) is 0 Å². The highest BCUT2D eigenvalue weighted by Crippen LogP contribution is 2.32. The van der Waals surface area contributed by atoms with Gasteiger partial charge in [-0.1, -0.05) is 0 Å². The van der Waals surface area contributed by atoms with E-state index in [2.05, 4.69) is 15.1 Å². The van der Waals surface area contributed by atoms with E-state index in [1.165, 1.54) is 24.4 Å². The van der Waals surface area contributed by atoms with Gasteiger partial charge < -0.3 is 10.1 Å². The molecule has 24 heavy (non-hydrogen) atoms. The summed E-state index contributed by atoms with van der Waals surface area (Å²) in [5, 5.41) is 6.73. The fourth-order valence-corrected chi connectivity index (χ4v) is 3.30. The zero-order chi connectivity index (χ0) is 17.5. The van der Waals surface area contributed by atoms with Crippen molar-refractivity contribution in [2.75, 3.05) is 10.0 Å². The number of sulfonamides is 1. The molecule has 0 radical (unpaired) electrons. The Morgan fingerprint density at radius 3 is 2.79 bits per heavy atom. The van der Waals surface area contributed by atoms with E-state index in [1.807, 2.05) is 13.8 Å². The topological polar surface area (TPSA) is 102 Å². The van der Waals surface area contributed by atoms with E-state index in [4.69, 9.17) is 4.74 Å². The largest absolute Gasteiger partial charge is 0.479 e. The van der Waals surface area contributed by atoms with Gasteiger partial charge >= 0.3 is 0 Å². The average molecular weight is 350 g/mol. The van der Waals surface area contributed by atoms with Crippen LogP contribution in [0.15, 0.2) is 35.5 Å². The molecule has 1 aromatic carbocycles. The van der Waals surface area contributed by atoms with Gasteiger partial charge in [-0.2, -0.15) is 5.10 Å². The summed E-state index contributed by atoms with van der Waals surface area (Å²) in [5.41, 5.74) is 0.703. The number of hydrogen-bond acceptors (Lipinski definition) is 5. The second-order valence-corrected chi connectivity index (χ2v) is 7.50. The van der Waals surface area contributed by atoms with E-state index in [0.717, 1.165) is 0 Å². The predicted octanol–water partition coefficient (Wildman–Crippen LogP) is 1.98. The van der Waals surface area contributed by atoms with Gasteiger partial charge in [0.2, 0.25) is 0 Å². The number of benzene rings is 1. The van der Waals surface area contributed by atoms with Gasteiger partial charge in [0.15, 0.2) is 6.10 Å². The molecular weight excluding hydrogens is 332 g/mol. The summed E-state index contributed by atoms with van der Waals surface area (Å²) in [4.78, 5) is 11.7. The minimum absolute atomic E-state index is 0.0250.